The van der Waals surface area contributed by atoms with E-state index in [1.165, 1.54) is 17.0 Å². The van der Waals surface area contributed by atoms with Crippen LogP contribution in [0.4, 0.5) is 9.52 Å². The smallest absolute Gasteiger partial charge is 0.350 e. The summed E-state index contributed by atoms with van der Waals surface area (Å²) >= 11 is 0.934. The molecule has 37 heavy (non-hydrogen) atoms. The van der Waals surface area contributed by atoms with Crippen molar-refractivity contribution >= 4 is 39.9 Å². The van der Waals surface area contributed by atoms with Crippen LogP contribution in [0.2, 0.25) is 0 Å². The molecule has 9 heteroatoms. The third-order valence-corrected chi connectivity index (χ3v) is 7.40. The first-order valence-corrected chi connectivity index (χ1v) is 12.7. The van der Waals surface area contributed by atoms with Gasteiger partial charge in [0, 0.05) is 5.56 Å². The van der Waals surface area contributed by atoms with Gasteiger partial charge >= 0.3 is 11.9 Å². The van der Waals surface area contributed by atoms with Crippen LogP contribution in [0.15, 0.2) is 48.0 Å². The summed E-state index contributed by atoms with van der Waals surface area (Å²) in [7, 11) is 0. The topological polar surface area (TPSA) is 96.8 Å². The van der Waals surface area contributed by atoms with Gasteiger partial charge in [0.1, 0.15) is 16.5 Å². The summed E-state index contributed by atoms with van der Waals surface area (Å²) in [4.78, 5) is 44.9. The molecule has 4 rings (SSSR count). The van der Waals surface area contributed by atoms with Crippen LogP contribution in [0.25, 0.3) is 5.76 Å². The number of aliphatic hydroxyl groups excluding tert-OH is 1. The van der Waals surface area contributed by atoms with E-state index >= 15 is 0 Å². The molecule has 1 aromatic heterocycles. The number of aryl methyl sites for hydroxylation is 2. The van der Waals surface area contributed by atoms with E-state index < -0.39 is 35.3 Å². The molecule has 0 unspecified atom stereocenters. The van der Waals surface area contributed by atoms with Crippen molar-refractivity contribution < 1.29 is 28.6 Å². The van der Waals surface area contributed by atoms with E-state index in [0.29, 0.717) is 16.8 Å². The molecule has 7 nitrogen and oxygen atoms in total. The average molecular weight is 523 g/mol. The van der Waals surface area contributed by atoms with Crippen molar-refractivity contribution in [2.45, 2.75) is 46.6 Å². The normalized spacial score (nSPS) is 17.1. The summed E-state index contributed by atoms with van der Waals surface area (Å²) in [5, 5.41) is 11.3. The number of hydrogen-bond acceptors (Lipinski definition) is 7. The van der Waals surface area contributed by atoms with Gasteiger partial charge in [-0.2, -0.15) is 0 Å². The Hall–Kier alpha value is -3.85. The van der Waals surface area contributed by atoms with Gasteiger partial charge in [-0.25, -0.2) is 14.2 Å². The second-order valence-corrected chi connectivity index (χ2v) is 10.1. The molecule has 1 amide bonds. The van der Waals surface area contributed by atoms with Gasteiger partial charge in [-0.3, -0.25) is 14.5 Å². The number of benzene rings is 2. The molecule has 1 saturated heterocycles. The highest BCUT2D eigenvalue weighted by molar-refractivity contribution is 7.17. The van der Waals surface area contributed by atoms with Gasteiger partial charge in [0.15, 0.2) is 5.13 Å². The lowest BCUT2D eigenvalue weighted by atomic mass is 9.93. The summed E-state index contributed by atoms with van der Waals surface area (Å²) in [5.41, 5.74) is 2.24. The summed E-state index contributed by atoms with van der Waals surface area (Å²) in [6.45, 7) is 9.14. The first kappa shape index (κ1) is 26.2. The van der Waals surface area contributed by atoms with Crippen LogP contribution < -0.4 is 4.90 Å². The van der Waals surface area contributed by atoms with Gasteiger partial charge in [0.05, 0.1) is 23.9 Å². The SMILES string of the molecule is CCOC(=O)c1sc(N2C(=O)C(=O)C(=C(O)c3ccc(C)c(F)c3)[C@@H]2c2ccc(C(C)C)cc2)nc1C. The number of hydrogen-bond donors (Lipinski definition) is 1. The minimum Gasteiger partial charge on any atom is -0.507 e. The fourth-order valence-electron chi connectivity index (χ4n) is 4.18. The van der Waals surface area contributed by atoms with Gasteiger partial charge in [-0.05, 0) is 49.4 Å². The molecule has 0 saturated carbocycles. The van der Waals surface area contributed by atoms with Crippen LogP contribution >= 0.6 is 11.3 Å². The highest BCUT2D eigenvalue weighted by Gasteiger charge is 2.48. The molecule has 0 bridgehead atoms. The van der Waals surface area contributed by atoms with Gasteiger partial charge in [0.25, 0.3) is 5.78 Å². The Kier molecular flexibility index (Phi) is 7.27. The minimum atomic E-state index is -1.04. The fourth-order valence-corrected chi connectivity index (χ4v) is 5.16. The van der Waals surface area contributed by atoms with E-state index in [1.807, 2.05) is 26.0 Å². The number of carbonyl (C=O) groups excluding carboxylic acids is 3. The number of amides is 1. The Morgan fingerprint density at radius 3 is 2.43 bits per heavy atom. The molecule has 0 aliphatic carbocycles. The van der Waals surface area contributed by atoms with Gasteiger partial charge in [-0.1, -0.05) is 61.6 Å². The maximum absolute atomic E-state index is 14.3. The van der Waals surface area contributed by atoms with E-state index in [9.17, 15) is 23.9 Å². The maximum atomic E-state index is 14.3. The Labute approximate surface area is 218 Å². The van der Waals surface area contributed by atoms with Gasteiger partial charge < -0.3 is 9.84 Å². The van der Waals surface area contributed by atoms with Crippen LogP contribution in [0.5, 0.6) is 0 Å². The third-order valence-electron chi connectivity index (χ3n) is 6.26. The third kappa shape index (κ3) is 4.79. The molecule has 192 valence electrons. The molecule has 1 aliphatic rings. The van der Waals surface area contributed by atoms with Crippen LogP contribution in [0.3, 0.4) is 0 Å². The number of rotatable bonds is 6. The number of halogens is 1. The van der Waals surface area contributed by atoms with Crippen molar-refractivity contribution in [3.63, 3.8) is 0 Å². The first-order chi connectivity index (χ1) is 17.5. The highest BCUT2D eigenvalue weighted by atomic mass is 32.1. The van der Waals surface area contributed by atoms with Crippen LogP contribution in [-0.4, -0.2) is 34.4 Å². The van der Waals surface area contributed by atoms with Crippen molar-refractivity contribution in [1.82, 2.24) is 4.98 Å². The van der Waals surface area contributed by atoms with Crippen molar-refractivity contribution in [2.75, 3.05) is 11.5 Å². The minimum absolute atomic E-state index is 0.0763. The molecule has 1 aliphatic heterocycles. The molecular weight excluding hydrogens is 495 g/mol. The zero-order valence-electron chi connectivity index (χ0n) is 21.2. The lowest BCUT2D eigenvalue weighted by Gasteiger charge is -2.23. The van der Waals surface area contributed by atoms with Crippen LogP contribution in [0.1, 0.15) is 70.4 Å². The number of carbonyl (C=O) groups is 3. The average Bonchev–Trinajstić information content (AvgIpc) is 3.37. The molecule has 3 aromatic rings. The van der Waals surface area contributed by atoms with Crippen molar-refractivity contribution in [2.24, 2.45) is 0 Å². The molecule has 2 heterocycles. The standard InChI is InChI=1S/C28H27FN2O5S/c1-6-36-27(35)25-16(5)30-28(37-25)31-22(18-11-9-17(10-12-18)14(2)3)21(24(33)26(31)34)23(32)19-8-7-15(4)20(29)13-19/h7-14,22,32H,6H2,1-5H3/t22-/m0/s1. The van der Waals surface area contributed by atoms with E-state index in [1.54, 1.807) is 32.9 Å². The number of Topliss-reactive ketones (excluding diaryl/α,β-unsaturated/α-hetero) is 1. The van der Waals surface area contributed by atoms with Crippen molar-refractivity contribution in [3.05, 3.63) is 86.7 Å². The van der Waals surface area contributed by atoms with Crippen LogP contribution in [0, 0.1) is 19.7 Å². The number of aromatic nitrogens is 1. The second-order valence-electron chi connectivity index (χ2n) is 9.09. The first-order valence-electron chi connectivity index (χ1n) is 11.9. The summed E-state index contributed by atoms with van der Waals surface area (Å²) in [6, 6.07) is 10.4. The highest BCUT2D eigenvalue weighted by Crippen LogP contribution is 2.44. The molecule has 0 radical (unpaired) electrons. The summed E-state index contributed by atoms with van der Waals surface area (Å²) < 4.78 is 19.4. The number of thiazole rings is 1. The quantitative estimate of drug-likeness (QED) is 0.190. The number of ether oxygens (including phenoxy) is 1. The predicted octanol–water partition coefficient (Wildman–Crippen LogP) is 5.83. The summed E-state index contributed by atoms with van der Waals surface area (Å²) in [5.74, 6) is -3.20. The fraction of sp³-hybridized carbons (Fsp3) is 0.286. The van der Waals surface area contributed by atoms with E-state index in [0.717, 1.165) is 23.0 Å². The molecule has 0 spiro atoms. The zero-order valence-corrected chi connectivity index (χ0v) is 22.0. The Balaban J connectivity index is 1.92. The van der Waals surface area contributed by atoms with Crippen molar-refractivity contribution in [3.8, 4) is 0 Å². The predicted molar refractivity (Wildman–Crippen MR) is 139 cm³/mol. The number of anilines is 1. The van der Waals surface area contributed by atoms with E-state index in [4.69, 9.17) is 4.74 Å². The molecule has 1 atom stereocenters. The Morgan fingerprint density at radius 1 is 1.16 bits per heavy atom. The zero-order chi connectivity index (χ0) is 27.0. The number of aliphatic hydroxyl groups is 1. The molecule has 1 fully saturated rings. The van der Waals surface area contributed by atoms with E-state index in [-0.39, 0.29) is 33.7 Å². The van der Waals surface area contributed by atoms with Crippen LogP contribution in [-0.2, 0) is 14.3 Å². The molecule has 1 N–H and O–H groups in total. The lowest BCUT2D eigenvalue weighted by Crippen LogP contribution is -2.29. The monoisotopic (exact) mass is 522 g/mol. The molecular formula is C28H27FN2O5S. The van der Waals surface area contributed by atoms with Crippen molar-refractivity contribution in [1.29, 1.82) is 0 Å². The second kappa shape index (κ2) is 10.3. The number of ketones is 1. The number of esters is 1. The largest absolute Gasteiger partial charge is 0.507 e. The Bertz CT molecular complexity index is 1420. The van der Waals surface area contributed by atoms with Gasteiger partial charge in [0.2, 0.25) is 0 Å². The lowest BCUT2D eigenvalue weighted by molar-refractivity contribution is -0.132. The number of nitrogens with zero attached hydrogens (tertiary/aromatic N) is 2. The maximum Gasteiger partial charge on any atom is 0.350 e. The Morgan fingerprint density at radius 2 is 1.84 bits per heavy atom. The summed E-state index contributed by atoms with van der Waals surface area (Å²) in [6.07, 6.45) is 0. The van der Waals surface area contributed by atoms with E-state index in [2.05, 4.69) is 4.98 Å². The molecule has 2 aromatic carbocycles. The van der Waals surface area contributed by atoms with Gasteiger partial charge in [-0.15, -0.1) is 0 Å².